The summed E-state index contributed by atoms with van der Waals surface area (Å²) in [4.78, 5) is 24.7. The number of carbonyl (C=O) groups excluding carboxylic acids is 1. The van der Waals surface area contributed by atoms with Gasteiger partial charge in [-0.05, 0) is 26.0 Å². The molecular weight excluding hydrogens is 274 g/mol. The summed E-state index contributed by atoms with van der Waals surface area (Å²) in [7, 11) is 0. The molecule has 0 unspecified atom stereocenters. The molecule has 1 amide bonds. The van der Waals surface area contributed by atoms with Gasteiger partial charge in [-0.1, -0.05) is 0 Å². The molecule has 0 aliphatic carbocycles. The first-order valence-corrected chi connectivity index (χ1v) is 6.91. The number of nitro benzene ring substituents is 1. The monoisotopic (exact) mass is 293 g/mol. The summed E-state index contributed by atoms with van der Waals surface area (Å²) in [5.74, 6) is -0.304. The topological polar surface area (TPSA) is 84.7 Å². The lowest BCUT2D eigenvalue weighted by Crippen LogP contribution is -2.36. The van der Waals surface area contributed by atoms with Crippen molar-refractivity contribution < 1.29 is 14.5 Å². The number of morpholine rings is 1. The first-order valence-electron chi connectivity index (χ1n) is 6.91. The highest BCUT2D eigenvalue weighted by Crippen LogP contribution is 2.29. The Morgan fingerprint density at radius 1 is 1.38 bits per heavy atom. The lowest BCUT2D eigenvalue weighted by molar-refractivity contribution is -0.384. The zero-order chi connectivity index (χ0) is 15.4. The average Bonchev–Trinajstić information content (AvgIpc) is 2.46. The van der Waals surface area contributed by atoms with Gasteiger partial charge in [0.25, 0.3) is 11.6 Å². The van der Waals surface area contributed by atoms with Crippen molar-refractivity contribution in [3.05, 3.63) is 33.9 Å². The van der Waals surface area contributed by atoms with Crippen LogP contribution < -0.4 is 10.2 Å². The highest BCUT2D eigenvalue weighted by Gasteiger charge is 2.23. The minimum Gasteiger partial charge on any atom is -0.378 e. The van der Waals surface area contributed by atoms with Crippen molar-refractivity contribution in [2.75, 3.05) is 31.2 Å². The SMILES string of the molecule is CC(C)NC(=O)c1ccc(N2CCOCC2)c([N+](=O)[O-])c1. The fourth-order valence-corrected chi connectivity index (χ4v) is 2.23. The van der Waals surface area contributed by atoms with E-state index in [1.54, 1.807) is 12.1 Å². The molecule has 7 heteroatoms. The van der Waals surface area contributed by atoms with Gasteiger partial charge in [-0.2, -0.15) is 0 Å². The molecule has 0 radical (unpaired) electrons. The maximum Gasteiger partial charge on any atom is 0.293 e. The molecule has 114 valence electrons. The number of nitro groups is 1. The molecule has 7 nitrogen and oxygen atoms in total. The molecule has 0 atom stereocenters. The van der Waals surface area contributed by atoms with Crippen LogP contribution in [0.2, 0.25) is 0 Å². The van der Waals surface area contributed by atoms with Crippen molar-refractivity contribution in [1.82, 2.24) is 5.32 Å². The second-order valence-corrected chi connectivity index (χ2v) is 5.19. The average molecular weight is 293 g/mol. The van der Waals surface area contributed by atoms with E-state index in [0.717, 1.165) is 0 Å². The zero-order valence-corrected chi connectivity index (χ0v) is 12.2. The summed E-state index contributed by atoms with van der Waals surface area (Å²) in [6.07, 6.45) is 0. The summed E-state index contributed by atoms with van der Waals surface area (Å²) in [5.41, 5.74) is 0.783. The first kappa shape index (κ1) is 15.2. The number of hydrogen-bond acceptors (Lipinski definition) is 5. The van der Waals surface area contributed by atoms with Crippen LogP contribution in [0.1, 0.15) is 24.2 Å². The largest absolute Gasteiger partial charge is 0.378 e. The smallest absolute Gasteiger partial charge is 0.293 e. The van der Waals surface area contributed by atoms with Gasteiger partial charge >= 0.3 is 0 Å². The minimum atomic E-state index is -0.447. The van der Waals surface area contributed by atoms with Gasteiger partial charge in [-0.25, -0.2) is 0 Å². The minimum absolute atomic E-state index is 0.0181. The molecule has 1 fully saturated rings. The number of hydrogen-bond donors (Lipinski definition) is 1. The Morgan fingerprint density at radius 2 is 2.05 bits per heavy atom. The van der Waals surface area contributed by atoms with E-state index < -0.39 is 4.92 Å². The quantitative estimate of drug-likeness (QED) is 0.673. The third-order valence-electron chi connectivity index (χ3n) is 3.21. The summed E-state index contributed by atoms with van der Waals surface area (Å²) < 4.78 is 5.25. The van der Waals surface area contributed by atoms with E-state index in [0.29, 0.717) is 37.6 Å². The van der Waals surface area contributed by atoms with E-state index in [1.807, 2.05) is 18.7 Å². The second-order valence-electron chi connectivity index (χ2n) is 5.19. The third-order valence-corrected chi connectivity index (χ3v) is 3.21. The number of nitrogens with one attached hydrogen (secondary N) is 1. The Morgan fingerprint density at radius 3 is 2.62 bits per heavy atom. The Balaban J connectivity index is 2.30. The summed E-state index contributed by atoms with van der Waals surface area (Å²) in [6, 6.07) is 4.58. The van der Waals surface area contributed by atoms with Gasteiger partial charge in [0.15, 0.2) is 0 Å². The Labute approximate surface area is 123 Å². The van der Waals surface area contributed by atoms with Crippen molar-refractivity contribution in [2.45, 2.75) is 19.9 Å². The Hall–Kier alpha value is -2.15. The summed E-state index contributed by atoms with van der Waals surface area (Å²) in [5, 5.41) is 14.0. The van der Waals surface area contributed by atoms with Gasteiger partial charge in [0.2, 0.25) is 0 Å². The molecule has 1 aromatic rings. The molecule has 1 aromatic carbocycles. The maximum absolute atomic E-state index is 12.0. The van der Waals surface area contributed by atoms with Crippen LogP contribution in [0.15, 0.2) is 18.2 Å². The highest BCUT2D eigenvalue weighted by molar-refractivity contribution is 5.95. The first-order chi connectivity index (χ1) is 9.99. The molecule has 1 aliphatic rings. The zero-order valence-electron chi connectivity index (χ0n) is 12.2. The molecule has 0 bridgehead atoms. The van der Waals surface area contributed by atoms with Crippen LogP contribution in [0.4, 0.5) is 11.4 Å². The van der Waals surface area contributed by atoms with E-state index in [-0.39, 0.29) is 17.6 Å². The van der Waals surface area contributed by atoms with Crippen molar-refractivity contribution >= 4 is 17.3 Å². The molecule has 0 saturated carbocycles. The predicted molar refractivity (Wildman–Crippen MR) is 78.7 cm³/mol. The molecular formula is C14H19N3O4. The maximum atomic E-state index is 12.0. The van der Waals surface area contributed by atoms with Gasteiger partial charge in [0, 0.05) is 30.8 Å². The second kappa shape index (κ2) is 6.53. The van der Waals surface area contributed by atoms with Gasteiger partial charge in [0.05, 0.1) is 18.1 Å². The summed E-state index contributed by atoms with van der Waals surface area (Å²) >= 11 is 0. The van der Waals surface area contributed by atoms with Crippen LogP contribution in [-0.4, -0.2) is 43.2 Å². The number of carbonyl (C=O) groups is 1. The molecule has 1 N–H and O–H groups in total. The Bertz CT molecular complexity index is 539. The van der Waals surface area contributed by atoms with Crippen LogP contribution in [0.3, 0.4) is 0 Å². The lowest BCUT2D eigenvalue weighted by atomic mass is 10.1. The van der Waals surface area contributed by atoms with Crippen LogP contribution in [0, 0.1) is 10.1 Å². The molecule has 1 aliphatic heterocycles. The normalized spacial score (nSPS) is 15.1. The van der Waals surface area contributed by atoms with Gasteiger partial charge in [0.1, 0.15) is 5.69 Å². The van der Waals surface area contributed by atoms with E-state index in [9.17, 15) is 14.9 Å². The van der Waals surface area contributed by atoms with Crippen molar-refractivity contribution in [3.63, 3.8) is 0 Å². The van der Waals surface area contributed by atoms with E-state index in [1.165, 1.54) is 6.07 Å². The fraction of sp³-hybridized carbons (Fsp3) is 0.500. The van der Waals surface area contributed by atoms with Crippen LogP contribution in [-0.2, 0) is 4.74 Å². The number of ether oxygens (including phenoxy) is 1. The van der Waals surface area contributed by atoms with Gasteiger partial charge in [-0.15, -0.1) is 0 Å². The Kier molecular flexibility index (Phi) is 4.74. The van der Waals surface area contributed by atoms with Crippen LogP contribution in [0.5, 0.6) is 0 Å². The summed E-state index contributed by atoms with van der Waals surface area (Å²) in [6.45, 7) is 6.00. The molecule has 1 heterocycles. The predicted octanol–water partition coefficient (Wildman–Crippen LogP) is 1.57. The lowest BCUT2D eigenvalue weighted by Gasteiger charge is -2.28. The van der Waals surface area contributed by atoms with Crippen molar-refractivity contribution in [2.24, 2.45) is 0 Å². The standard InChI is InChI=1S/C14H19N3O4/c1-10(2)15-14(18)11-3-4-12(13(9-11)17(19)20)16-5-7-21-8-6-16/h3-4,9-10H,5-8H2,1-2H3,(H,15,18). The van der Waals surface area contributed by atoms with E-state index in [4.69, 9.17) is 4.74 Å². The van der Waals surface area contributed by atoms with Gasteiger partial charge < -0.3 is 15.0 Å². The molecule has 2 rings (SSSR count). The third kappa shape index (κ3) is 3.69. The molecule has 1 saturated heterocycles. The number of benzene rings is 1. The molecule has 21 heavy (non-hydrogen) atoms. The van der Waals surface area contributed by atoms with Crippen LogP contribution in [0.25, 0.3) is 0 Å². The number of anilines is 1. The molecule has 0 spiro atoms. The van der Waals surface area contributed by atoms with E-state index >= 15 is 0 Å². The molecule has 0 aromatic heterocycles. The number of rotatable bonds is 4. The van der Waals surface area contributed by atoms with Crippen LogP contribution >= 0.6 is 0 Å². The fourth-order valence-electron chi connectivity index (χ4n) is 2.23. The van der Waals surface area contributed by atoms with Gasteiger partial charge in [-0.3, -0.25) is 14.9 Å². The number of amides is 1. The van der Waals surface area contributed by atoms with Crippen molar-refractivity contribution in [1.29, 1.82) is 0 Å². The van der Waals surface area contributed by atoms with Crippen molar-refractivity contribution in [3.8, 4) is 0 Å². The van der Waals surface area contributed by atoms with E-state index in [2.05, 4.69) is 5.32 Å². The highest BCUT2D eigenvalue weighted by atomic mass is 16.6. The number of nitrogens with zero attached hydrogens (tertiary/aromatic N) is 2.